The van der Waals surface area contributed by atoms with Gasteiger partial charge in [0.25, 0.3) is 0 Å². The van der Waals surface area contributed by atoms with Gasteiger partial charge < -0.3 is 20.3 Å². The van der Waals surface area contributed by atoms with E-state index in [2.05, 4.69) is 18.2 Å². The van der Waals surface area contributed by atoms with Crippen molar-refractivity contribution in [2.75, 3.05) is 37.8 Å². The summed E-state index contributed by atoms with van der Waals surface area (Å²) in [4.78, 5) is 0. The summed E-state index contributed by atoms with van der Waals surface area (Å²) in [7, 11) is -2.41. The maximum atomic E-state index is 11.3. The Morgan fingerprint density at radius 3 is 2.31 bits per heavy atom. The first-order valence-corrected chi connectivity index (χ1v) is 10.3. The summed E-state index contributed by atoms with van der Waals surface area (Å²) in [6, 6.07) is 3.24. The highest BCUT2D eigenvalue weighted by molar-refractivity contribution is 7.92. The first-order valence-electron chi connectivity index (χ1n) is 8.01. The highest BCUT2D eigenvalue weighted by Gasteiger charge is 2.13. The summed E-state index contributed by atoms with van der Waals surface area (Å²) in [5.74, 6) is 1.01. The van der Waals surface area contributed by atoms with Gasteiger partial charge in [-0.05, 0) is 38.9 Å². The first-order chi connectivity index (χ1) is 12.2. The fraction of sp³-hybridized carbons (Fsp3) is 0.529. The molecule has 1 aromatic rings. The molecule has 0 radical (unpaired) electrons. The highest BCUT2D eigenvalue weighted by Crippen LogP contribution is 2.33. The minimum Gasteiger partial charge on any atom is -0.495 e. The Morgan fingerprint density at radius 2 is 1.88 bits per heavy atom. The number of aliphatic hydroxyl groups excluding tert-OH is 1. The number of rotatable bonds is 8. The van der Waals surface area contributed by atoms with Gasteiger partial charge >= 0.3 is 0 Å². The fourth-order valence-electron chi connectivity index (χ4n) is 1.53. The molecule has 0 spiro atoms. The third-order valence-corrected chi connectivity index (χ3v) is 3.57. The summed E-state index contributed by atoms with van der Waals surface area (Å²) < 4.78 is 35.7. The Balaban J connectivity index is 0. The molecule has 0 aromatic heterocycles. The van der Waals surface area contributed by atoms with E-state index in [0.29, 0.717) is 34.4 Å². The largest absolute Gasteiger partial charge is 0.495 e. The molecule has 0 unspecified atom stereocenters. The molecule has 1 aromatic carbocycles. The molecule has 0 saturated carbocycles. The Labute approximate surface area is 162 Å². The van der Waals surface area contributed by atoms with E-state index in [0.717, 1.165) is 26.3 Å². The lowest BCUT2D eigenvalue weighted by atomic mass is 10.2. The molecule has 7 nitrogen and oxygen atoms in total. The molecule has 0 atom stereocenters. The average molecular weight is 411 g/mol. The number of nitrogens with two attached hydrogens (primary N) is 1. The van der Waals surface area contributed by atoms with Gasteiger partial charge in [-0.3, -0.25) is 4.72 Å². The van der Waals surface area contributed by atoms with Crippen molar-refractivity contribution >= 4 is 27.3 Å². The number of hydrogen-bond acceptors (Lipinski definition) is 6. The number of halogens is 1. The number of nitrogens with one attached hydrogen (secondary N) is 1. The van der Waals surface area contributed by atoms with Gasteiger partial charge in [0.1, 0.15) is 18.1 Å². The molecule has 152 valence electrons. The molecule has 26 heavy (non-hydrogen) atoms. The number of sulfonamides is 1. The molecule has 1 rings (SSSR count). The fourth-order valence-corrected chi connectivity index (χ4v) is 2.47. The summed E-state index contributed by atoms with van der Waals surface area (Å²) in [5, 5.41) is 7.31. The second-order valence-corrected chi connectivity index (χ2v) is 7.12. The highest BCUT2D eigenvalue weighted by atomic mass is 35.5. The number of anilines is 1. The molecular weight excluding hydrogens is 380 g/mol. The minimum atomic E-state index is -3.41. The first kappa shape index (κ1) is 26.7. The topological polar surface area (TPSA) is 111 Å². The number of ether oxygens (including phenoxy) is 2. The molecule has 0 bridgehead atoms. The van der Waals surface area contributed by atoms with E-state index in [1.54, 1.807) is 19.1 Å². The van der Waals surface area contributed by atoms with E-state index in [1.807, 2.05) is 6.92 Å². The molecule has 0 aliphatic rings. The number of aliphatic hydroxyl groups is 1. The molecule has 9 heteroatoms. The molecule has 0 aliphatic heterocycles. The molecular formula is C17H31ClN2O5S. The van der Waals surface area contributed by atoms with Crippen LogP contribution in [0.3, 0.4) is 0 Å². The average Bonchev–Trinajstić information content (AvgIpc) is 2.59. The Bertz CT molecular complexity index is 634. The SMILES string of the molecule is C=C(COc1ccc(Cl)c(NS(C)(=O)=O)c1C)OCC.CCCN.CO. The Hall–Kier alpha value is -1.48. The zero-order valence-electron chi connectivity index (χ0n) is 16.1. The van der Waals surface area contributed by atoms with Crippen LogP contribution in [0.4, 0.5) is 5.69 Å². The van der Waals surface area contributed by atoms with Gasteiger partial charge in [0, 0.05) is 12.7 Å². The quantitative estimate of drug-likeness (QED) is 0.568. The van der Waals surface area contributed by atoms with E-state index >= 15 is 0 Å². The van der Waals surface area contributed by atoms with Gasteiger partial charge in [-0.15, -0.1) is 0 Å². The van der Waals surface area contributed by atoms with Crippen LogP contribution in [0.25, 0.3) is 0 Å². The second kappa shape index (κ2) is 14.7. The van der Waals surface area contributed by atoms with Crippen LogP contribution in [-0.4, -0.2) is 46.6 Å². The van der Waals surface area contributed by atoms with Gasteiger partial charge in [-0.2, -0.15) is 0 Å². The van der Waals surface area contributed by atoms with Crippen LogP contribution < -0.4 is 15.2 Å². The van der Waals surface area contributed by atoms with E-state index in [-0.39, 0.29) is 6.61 Å². The lowest BCUT2D eigenvalue weighted by molar-refractivity contribution is 0.182. The van der Waals surface area contributed by atoms with Crippen molar-refractivity contribution in [2.24, 2.45) is 5.73 Å². The van der Waals surface area contributed by atoms with Crippen molar-refractivity contribution in [1.82, 2.24) is 0 Å². The van der Waals surface area contributed by atoms with Crippen LogP contribution in [0, 0.1) is 6.92 Å². The van der Waals surface area contributed by atoms with Crippen molar-refractivity contribution in [3.05, 3.63) is 35.1 Å². The molecule has 0 fully saturated rings. The zero-order chi connectivity index (χ0) is 20.8. The van der Waals surface area contributed by atoms with E-state index < -0.39 is 10.0 Å². The standard InChI is InChI=1S/C13H18ClNO4S.C3H9N.CH4O/c1-5-18-9(2)8-19-12-7-6-11(14)13(10(12)3)15-20(4,16)17;1-2-3-4;1-2/h6-7,15H,2,5,8H2,1,3-4H3;2-4H2,1H3;2H,1H3. The molecule has 0 aliphatic carbocycles. The lowest BCUT2D eigenvalue weighted by Crippen LogP contribution is -2.12. The predicted octanol–water partition coefficient (Wildman–Crippen LogP) is 2.91. The zero-order valence-corrected chi connectivity index (χ0v) is 17.7. The van der Waals surface area contributed by atoms with Crippen LogP contribution in [0.2, 0.25) is 5.02 Å². The molecule has 0 amide bonds. The van der Waals surface area contributed by atoms with Crippen molar-refractivity contribution in [2.45, 2.75) is 27.2 Å². The molecule has 0 heterocycles. The van der Waals surface area contributed by atoms with Gasteiger partial charge in [-0.1, -0.05) is 25.1 Å². The summed E-state index contributed by atoms with van der Waals surface area (Å²) >= 11 is 6.00. The van der Waals surface area contributed by atoms with Crippen molar-refractivity contribution in [1.29, 1.82) is 0 Å². The van der Waals surface area contributed by atoms with Crippen molar-refractivity contribution < 1.29 is 23.0 Å². The van der Waals surface area contributed by atoms with Crippen LogP contribution in [0.15, 0.2) is 24.5 Å². The summed E-state index contributed by atoms with van der Waals surface area (Å²) in [6.07, 6.45) is 2.16. The lowest BCUT2D eigenvalue weighted by Gasteiger charge is -2.15. The van der Waals surface area contributed by atoms with Crippen molar-refractivity contribution in [3.63, 3.8) is 0 Å². The van der Waals surface area contributed by atoms with Gasteiger partial charge in [0.2, 0.25) is 10.0 Å². The van der Waals surface area contributed by atoms with E-state index in [1.165, 1.54) is 0 Å². The van der Waals surface area contributed by atoms with Crippen LogP contribution in [0.1, 0.15) is 25.8 Å². The van der Waals surface area contributed by atoms with E-state index in [4.69, 9.17) is 31.9 Å². The third-order valence-electron chi connectivity index (χ3n) is 2.68. The van der Waals surface area contributed by atoms with Crippen LogP contribution in [-0.2, 0) is 14.8 Å². The minimum absolute atomic E-state index is 0.189. The van der Waals surface area contributed by atoms with Crippen LogP contribution in [0.5, 0.6) is 5.75 Å². The Kier molecular flexibility index (Phi) is 15.1. The normalized spacial score (nSPS) is 9.85. The molecule has 0 saturated heterocycles. The predicted molar refractivity (Wildman–Crippen MR) is 108 cm³/mol. The maximum absolute atomic E-state index is 11.3. The van der Waals surface area contributed by atoms with Crippen molar-refractivity contribution in [3.8, 4) is 5.75 Å². The second-order valence-electron chi connectivity index (χ2n) is 4.97. The van der Waals surface area contributed by atoms with Gasteiger partial charge in [-0.25, -0.2) is 8.42 Å². The maximum Gasteiger partial charge on any atom is 0.229 e. The smallest absolute Gasteiger partial charge is 0.229 e. The molecule has 4 N–H and O–H groups in total. The number of hydrogen-bond donors (Lipinski definition) is 3. The Morgan fingerprint density at radius 1 is 1.35 bits per heavy atom. The monoisotopic (exact) mass is 410 g/mol. The van der Waals surface area contributed by atoms with Crippen LogP contribution >= 0.6 is 11.6 Å². The summed E-state index contributed by atoms with van der Waals surface area (Å²) in [5.41, 5.74) is 5.95. The van der Waals surface area contributed by atoms with E-state index in [9.17, 15) is 8.42 Å². The van der Waals surface area contributed by atoms with Gasteiger partial charge in [0.05, 0.1) is 23.6 Å². The number of benzene rings is 1. The third kappa shape index (κ3) is 12.0. The summed E-state index contributed by atoms with van der Waals surface area (Å²) in [6.45, 7) is 10.9. The van der Waals surface area contributed by atoms with Gasteiger partial charge in [0.15, 0.2) is 0 Å².